The van der Waals surface area contributed by atoms with Gasteiger partial charge in [0.25, 0.3) is 0 Å². The molecular formula is C12H13F3N4. The van der Waals surface area contributed by atoms with Crippen molar-refractivity contribution in [1.29, 1.82) is 0 Å². The van der Waals surface area contributed by atoms with Crippen LogP contribution in [0.25, 0.3) is 5.69 Å². The highest BCUT2D eigenvalue weighted by atomic mass is 19.4. The Hall–Kier alpha value is -1.89. The lowest BCUT2D eigenvalue weighted by Crippen LogP contribution is -2.11. The summed E-state index contributed by atoms with van der Waals surface area (Å²) in [4.78, 5) is 4.13. The minimum Gasteiger partial charge on any atom is -0.323 e. The third-order valence-corrected chi connectivity index (χ3v) is 2.73. The lowest BCUT2D eigenvalue weighted by Gasteiger charge is -2.08. The number of rotatable bonds is 3. The van der Waals surface area contributed by atoms with Gasteiger partial charge in [-0.15, -0.1) is 0 Å². The first-order chi connectivity index (χ1) is 8.91. The average Bonchev–Trinajstić information content (AvgIpc) is 2.87. The smallest absolute Gasteiger partial charge is 0.323 e. The Kier molecular flexibility index (Phi) is 3.57. The van der Waals surface area contributed by atoms with Gasteiger partial charge in [-0.3, -0.25) is 4.98 Å². The van der Waals surface area contributed by atoms with Crippen LogP contribution in [0.1, 0.15) is 30.8 Å². The minimum absolute atomic E-state index is 0.169. The molecule has 4 nitrogen and oxygen atoms in total. The molecule has 2 aromatic heterocycles. The first-order valence-corrected chi connectivity index (χ1v) is 5.76. The number of halogens is 3. The molecule has 19 heavy (non-hydrogen) atoms. The van der Waals surface area contributed by atoms with E-state index in [1.807, 2.05) is 6.92 Å². The summed E-state index contributed by atoms with van der Waals surface area (Å²) in [7, 11) is 0. The van der Waals surface area contributed by atoms with Crippen LogP contribution in [0.15, 0.2) is 30.6 Å². The molecule has 2 heterocycles. The van der Waals surface area contributed by atoms with Gasteiger partial charge in [-0.2, -0.15) is 18.3 Å². The molecule has 0 aliphatic rings. The van der Waals surface area contributed by atoms with Gasteiger partial charge in [0.05, 0.1) is 17.6 Å². The van der Waals surface area contributed by atoms with E-state index in [-0.39, 0.29) is 6.04 Å². The summed E-state index contributed by atoms with van der Waals surface area (Å²) < 4.78 is 38.4. The molecule has 1 atom stereocenters. The molecule has 0 bridgehead atoms. The van der Waals surface area contributed by atoms with Crippen LogP contribution in [0, 0.1) is 0 Å². The van der Waals surface area contributed by atoms with Gasteiger partial charge >= 0.3 is 6.18 Å². The predicted molar refractivity (Wildman–Crippen MR) is 63.6 cm³/mol. The topological polar surface area (TPSA) is 56.7 Å². The maximum absolute atomic E-state index is 12.4. The summed E-state index contributed by atoms with van der Waals surface area (Å²) in [5.74, 6) is 0. The quantitative estimate of drug-likeness (QED) is 0.932. The van der Waals surface area contributed by atoms with Crippen molar-refractivity contribution in [2.24, 2.45) is 5.73 Å². The highest BCUT2D eigenvalue weighted by molar-refractivity contribution is 5.30. The van der Waals surface area contributed by atoms with E-state index >= 15 is 0 Å². The lowest BCUT2D eigenvalue weighted by molar-refractivity contribution is -0.141. The van der Waals surface area contributed by atoms with Gasteiger partial charge in [0.1, 0.15) is 0 Å². The molecule has 0 fully saturated rings. The zero-order valence-corrected chi connectivity index (χ0v) is 10.2. The molecular weight excluding hydrogens is 257 g/mol. The predicted octanol–water partition coefficient (Wildman–Crippen LogP) is 2.70. The molecule has 0 radical (unpaired) electrons. The number of pyridine rings is 1. The molecule has 0 amide bonds. The monoisotopic (exact) mass is 270 g/mol. The highest BCUT2D eigenvalue weighted by Gasteiger charge is 2.33. The minimum atomic E-state index is -4.44. The van der Waals surface area contributed by atoms with E-state index in [0.717, 1.165) is 17.2 Å². The van der Waals surface area contributed by atoms with Gasteiger partial charge in [0.15, 0.2) is 5.69 Å². The van der Waals surface area contributed by atoms with Gasteiger partial charge in [-0.1, -0.05) is 6.92 Å². The van der Waals surface area contributed by atoms with Crippen LogP contribution in [0.3, 0.4) is 0 Å². The Labute approximate surface area is 108 Å². The maximum Gasteiger partial charge on any atom is 0.435 e. The normalized spacial score (nSPS) is 13.5. The Bertz CT molecular complexity index is 545. The second-order valence-electron chi connectivity index (χ2n) is 4.10. The van der Waals surface area contributed by atoms with Gasteiger partial charge in [0.2, 0.25) is 0 Å². The van der Waals surface area contributed by atoms with E-state index in [9.17, 15) is 13.2 Å². The molecule has 0 aliphatic heterocycles. The fraction of sp³-hybridized carbons (Fsp3) is 0.333. The van der Waals surface area contributed by atoms with Crippen molar-refractivity contribution in [2.75, 3.05) is 0 Å². The van der Waals surface area contributed by atoms with Crippen molar-refractivity contribution in [3.63, 3.8) is 0 Å². The van der Waals surface area contributed by atoms with Crippen LogP contribution < -0.4 is 5.73 Å². The summed E-state index contributed by atoms with van der Waals surface area (Å²) in [6.45, 7) is 1.93. The van der Waals surface area contributed by atoms with Gasteiger partial charge in [-0.05, 0) is 24.6 Å². The first kappa shape index (κ1) is 13.5. The molecule has 0 aromatic carbocycles. The molecule has 102 valence electrons. The lowest BCUT2D eigenvalue weighted by atomic mass is 10.1. The average molecular weight is 270 g/mol. The third-order valence-electron chi connectivity index (χ3n) is 2.73. The Morgan fingerprint density at radius 1 is 1.32 bits per heavy atom. The van der Waals surface area contributed by atoms with Gasteiger partial charge < -0.3 is 5.73 Å². The van der Waals surface area contributed by atoms with E-state index in [4.69, 9.17) is 5.73 Å². The molecule has 2 rings (SSSR count). The Morgan fingerprint density at radius 2 is 2.05 bits per heavy atom. The summed E-state index contributed by atoms with van der Waals surface area (Å²) in [6, 6.07) is 4.09. The van der Waals surface area contributed by atoms with E-state index in [2.05, 4.69) is 10.1 Å². The zero-order chi connectivity index (χ0) is 14.0. The maximum atomic E-state index is 12.4. The van der Waals surface area contributed by atoms with Crippen molar-refractivity contribution in [3.8, 4) is 5.69 Å². The van der Waals surface area contributed by atoms with E-state index in [0.29, 0.717) is 11.4 Å². The fourth-order valence-corrected chi connectivity index (χ4v) is 1.58. The highest BCUT2D eigenvalue weighted by Crippen LogP contribution is 2.27. The van der Waals surface area contributed by atoms with Crippen molar-refractivity contribution in [2.45, 2.75) is 25.6 Å². The Balaban J connectivity index is 2.25. The van der Waals surface area contributed by atoms with Crippen LogP contribution in [0.2, 0.25) is 0 Å². The van der Waals surface area contributed by atoms with E-state index in [1.54, 1.807) is 12.1 Å². The van der Waals surface area contributed by atoms with Crippen LogP contribution in [-0.4, -0.2) is 14.8 Å². The van der Waals surface area contributed by atoms with Crippen molar-refractivity contribution < 1.29 is 13.2 Å². The number of aromatic nitrogens is 3. The molecule has 0 spiro atoms. The first-order valence-electron chi connectivity index (χ1n) is 5.76. The second-order valence-corrected chi connectivity index (χ2v) is 4.10. The largest absolute Gasteiger partial charge is 0.435 e. The van der Waals surface area contributed by atoms with Crippen LogP contribution >= 0.6 is 0 Å². The van der Waals surface area contributed by atoms with Crippen molar-refractivity contribution >= 4 is 0 Å². The molecule has 0 unspecified atom stereocenters. The fourth-order valence-electron chi connectivity index (χ4n) is 1.58. The summed E-state index contributed by atoms with van der Waals surface area (Å²) >= 11 is 0. The van der Waals surface area contributed by atoms with Crippen LogP contribution in [-0.2, 0) is 6.18 Å². The van der Waals surface area contributed by atoms with E-state index in [1.165, 1.54) is 12.4 Å². The summed E-state index contributed by atoms with van der Waals surface area (Å²) in [5.41, 5.74) is 6.05. The Morgan fingerprint density at radius 3 is 2.53 bits per heavy atom. The van der Waals surface area contributed by atoms with Gasteiger partial charge in [0, 0.05) is 12.2 Å². The van der Waals surface area contributed by atoms with Crippen molar-refractivity contribution in [1.82, 2.24) is 14.8 Å². The number of hydrogen-bond acceptors (Lipinski definition) is 3. The van der Waals surface area contributed by atoms with Crippen LogP contribution in [0.5, 0.6) is 0 Å². The molecule has 0 saturated heterocycles. The van der Waals surface area contributed by atoms with Gasteiger partial charge in [-0.25, -0.2) is 4.68 Å². The number of nitrogens with two attached hydrogens (primary N) is 1. The van der Waals surface area contributed by atoms with Crippen LogP contribution in [0.4, 0.5) is 13.2 Å². The number of nitrogens with zero attached hydrogens (tertiary/aromatic N) is 3. The summed E-state index contributed by atoms with van der Waals surface area (Å²) in [5, 5.41) is 3.47. The third kappa shape index (κ3) is 2.93. The molecule has 0 aliphatic carbocycles. The molecule has 7 heteroatoms. The van der Waals surface area contributed by atoms with E-state index < -0.39 is 11.9 Å². The second kappa shape index (κ2) is 5.00. The molecule has 2 N–H and O–H groups in total. The van der Waals surface area contributed by atoms with Crippen molar-refractivity contribution in [3.05, 3.63) is 42.0 Å². The summed E-state index contributed by atoms with van der Waals surface area (Å²) in [6.07, 6.45) is -0.993. The number of hydrogen-bond donors (Lipinski definition) is 1. The molecule has 2 aromatic rings. The standard InChI is InChI=1S/C12H13F3N4/c1-2-9(16)10-4-3-8(7-17-10)19-6-5-11(18-19)12(13,14)15/h3-7,9H,2,16H2,1H3/t9-/m0/s1. The zero-order valence-electron chi connectivity index (χ0n) is 10.2. The SMILES string of the molecule is CC[C@H](N)c1ccc(-n2ccc(C(F)(F)F)n2)cn1. The molecule has 0 saturated carbocycles. The number of alkyl halides is 3.